The highest BCUT2D eigenvalue weighted by Gasteiger charge is 2.30. The summed E-state index contributed by atoms with van der Waals surface area (Å²) < 4.78 is 35.2. The summed E-state index contributed by atoms with van der Waals surface area (Å²) in [5.74, 6) is 0.372. The van der Waals surface area contributed by atoms with Crippen molar-refractivity contribution >= 4 is 34.8 Å². The van der Waals surface area contributed by atoms with Gasteiger partial charge in [0, 0.05) is 50.8 Å². The standard InChI is InChI=1S/C26H30ClF2N3O4/c1-17(33)32-13-3-2-4-23(32)25(34)30-18-5-10-24(22(27)16-18)35-21-11-14-31(15-12-21)19-6-8-20(9-7-19)36-26(28)29/h5-10,16,21,23,26H,2-4,11-15H2,1H3,(H,30,34). The second-order valence-electron chi connectivity index (χ2n) is 9.04. The highest BCUT2D eigenvalue weighted by Crippen LogP contribution is 2.31. The molecular weight excluding hydrogens is 492 g/mol. The summed E-state index contributed by atoms with van der Waals surface area (Å²) in [5.41, 5.74) is 1.50. The second-order valence-corrected chi connectivity index (χ2v) is 9.44. The Hall–Kier alpha value is -3.07. The van der Waals surface area contributed by atoms with Crippen LogP contribution in [0.15, 0.2) is 42.5 Å². The van der Waals surface area contributed by atoms with Crippen molar-refractivity contribution in [2.75, 3.05) is 29.9 Å². The van der Waals surface area contributed by atoms with E-state index < -0.39 is 12.7 Å². The minimum atomic E-state index is -2.84. The predicted octanol–water partition coefficient (Wildman–Crippen LogP) is 5.33. The number of piperidine rings is 2. The van der Waals surface area contributed by atoms with E-state index in [4.69, 9.17) is 16.3 Å². The van der Waals surface area contributed by atoms with Crippen LogP contribution in [0.4, 0.5) is 20.2 Å². The number of carbonyl (C=O) groups is 2. The first-order valence-corrected chi connectivity index (χ1v) is 12.5. The number of alkyl halides is 2. The van der Waals surface area contributed by atoms with Crippen LogP contribution in [0.25, 0.3) is 0 Å². The maximum atomic E-state index is 12.8. The van der Waals surface area contributed by atoms with E-state index in [2.05, 4.69) is 15.0 Å². The Bertz CT molecular complexity index is 1060. The molecule has 2 fully saturated rings. The average Bonchev–Trinajstić information content (AvgIpc) is 2.86. The van der Waals surface area contributed by atoms with Crippen LogP contribution in [-0.2, 0) is 9.59 Å². The normalized spacial score (nSPS) is 18.8. The monoisotopic (exact) mass is 521 g/mol. The summed E-state index contributed by atoms with van der Waals surface area (Å²) in [4.78, 5) is 28.5. The third kappa shape index (κ3) is 6.57. The molecule has 2 aromatic rings. The van der Waals surface area contributed by atoms with Crippen LogP contribution in [0.5, 0.6) is 11.5 Å². The highest BCUT2D eigenvalue weighted by atomic mass is 35.5. The number of anilines is 2. The Kier molecular flexibility index (Phi) is 8.51. The van der Waals surface area contributed by atoms with Gasteiger partial charge in [0.1, 0.15) is 23.6 Å². The number of hydrogen-bond acceptors (Lipinski definition) is 5. The van der Waals surface area contributed by atoms with Crippen LogP contribution < -0.4 is 19.7 Å². The fourth-order valence-electron chi connectivity index (χ4n) is 4.73. The van der Waals surface area contributed by atoms with Gasteiger partial charge in [0.2, 0.25) is 11.8 Å². The molecule has 194 valence electrons. The van der Waals surface area contributed by atoms with E-state index >= 15 is 0 Å². The van der Waals surface area contributed by atoms with Gasteiger partial charge in [-0.15, -0.1) is 0 Å². The lowest BCUT2D eigenvalue weighted by molar-refractivity contribution is -0.138. The number of carbonyl (C=O) groups excluding carboxylic acids is 2. The molecule has 2 amide bonds. The number of amides is 2. The van der Waals surface area contributed by atoms with Gasteiger partial charge in [0.25, 0.3) is 0 Å². The van der Waals surface area contributed by atoms with Gasteiger partial charge in [-0.05, 0) is 61.7 Å². The summed E-state index contributed by atoms with van der Waals surface area (Å²) in [6.07, 6.45) is 3.98. The van der Waals surface area contributed by atoms with Crippen LogP contribution in [0.1, 0.15) is 39.0 Å². The van der Waals surface area contributed by atoms with E-state index in [9.17, 15) is 18.4 Å². The van der Waals surface area contributed by atoms with E-state index in [-0.39, 0.29) is 23.7 Å². The fourth-order valence-corrected chi connectivity index (χ4v) is 4.96. The van der Waals surface area contributed by atoms with E-state index in [1.54, 1.807) is 35.2 Å². The van der Waals surface area contributed by atoms with Crippen LogP contribution in [0, 0.1) is 0 Å². The first-order chi connectivity index (χ1) is 17.3. The predicted molar refractivity (Wildman–Crippen MR) is 134 cm³/mol. The van der Waals surface area contributed by atoms with Crippen molar-refractivity contribution < 1.29 is 27.8 Å². The number of nitrogens with zero attached hydrogens (tertiary/aromatic N) is 2. The van der Waals surface area contributed by atoms with Crippen LogP contribution in [0.3, 0.4) is 0 Å². The van der Waals surface area contributed by atoms with Crippen molar-refractivity contribution in [3.05, 3.63) is 47.5 Å². The van der Waals surface area contributed by atoms with Gasteiger partial charge < -0.3 is 24.6 Å². The topological polar surface area (TPSA) is 71.1 Å². The van der Waals surface area contributed by atoms with Crippen molar-refractivity contribution in [1.29, 1.82) is 0 Å². The minimum Gasteiger partial charge on any atom is -0.489 e. The second kappa shape index (κ2) is 11.8. The zero-order chi connectivity index (χ0) is 25.7. The van der Waals surface area contributed by atoms with Crippen molar-refractivity contribution in [3.63, 3.8) is 0 Å². The molecule has 0 bridgehead atoms. The van der Waals surface area contributed by atoms with E-state index in [1.165, 1.54) is 19.1 Å². The van der Waals surface area contributed by atoms with E-state index in [1.807, 2.05) is 0 Å². The Morgan fingerprint density at radius 2 is 1.75 bits per heavy atom. The number of nitrogens with one attached hydrogen (secondary N) is 1. The van der Waals surface area contributed by atoms with E-state index in [0.717, 1.165) is 44.5 Å². The van der Waals surface area contributed by atoms with Gasteiger partial charge in [-0.25, -0.2) is 0 Å². The summed E-state index contributed by atoms with van der Waals surface area (Å²) in [6, 6.07) is 11.3. The number of halogens is 3. The molecule has 0 radical (unpaired) electrons. The number of rotatable bonds is 7. The molecule has 0 aliphatic carbocycles. The molecule has 0 spiro atoms. The molecule has 1 atom stereocenters. The highest BCUT2D eigenvalue weighted by molar-refractivity contribution is 6.32. The summed E-state index contributed by atoms with van der Waals surface area (Å²) in [7, 11) is 0. The lowest BCUT2D eigenvalue weighted by Crippen LogP contribution is -2.49. The Morgan fingerprint density at radius 1 is 1.03 bits per heavy atom. The third-order valence-corrected chi connectivity index (χ3v) is 6.87. The van der Waals surface area contributed by atoms with Crippen molar-refractivity contribution in [2.45, 2.75) is 57.8 Å². The Balaban J connectivity index is 1.29. The maximum Gasteiger partial charge on any atom is 0.387 e. The largest absolute Gasteiger partial charge is 0.489 e. The zero-order valence-corrected chi connectivity index (χ0v) is 20.8. The maximum absolute atomic E-state index is 12.8. The number of ether oxygens (including phenoxy) is 2. The molecular formula is C26H30ClF2N3O4. The molecule has 2 aromatic carbocycles. The summed E-state index contributed by atoms with van der Waals surface area (Å²) in [5, 5.41) is 3.28. The van der Waals surface area contributed by atoms with Crippen LogP contribution in [0.2, 0.25) is 5.02 Å². The lowest BCUT2D eigenvalue weighted by atomic mass is 10.0. The molecule has 1 unspecified atom stereocenters. The first-order valence-electron chi connectivity index (χ1n) is 12.1. The number of hydrogen-bond donors (Lipinski definition) is 1. The van der Waals surface area contributed by atoms with Crippen molar-refractivity contribution in [3.8, 4) is 11.5 Å². The minimum absolute atomic E-state index is 0.0213. The van der Waals surface area contributed by atoms with Gasteiger partial charge in [-0.1, -0.05) is 11.6 Å². The molecule has 4 rings (SSSR count). The van der Waals surface area contributed by atoms with Gasteiger partial charge in [0.15, 0.2) is 0 Å². The molecule has 7 nitrogen and oxygen atoms in total. The zero-order valence-electron chi connectivity index (χ0n) is 20.1. The molecule has 2 saturated heterocycles. The fraction of sp³-hybridized carbons (Fsp3) is 0.462. The van der Waals surface area contributed by atoms with Crippen LogP contribution in [-0.4, -0.2) is 55.1 Å². The van der Waals surface area contributed by atoms with Crippen molar-refractivity contribution in [1.82, 2.24) is 4.90 Å². The molecule has 10 heteroatoms. The number of likely N-dealkylation sites (tertiary alicyclic amines) is 1. The Morgan fingerprint density at radius 3 is 2.39 bits per heavy atom. The molecule has 2 aliphatic heterocycles. The van der Waals surface area contributed by atoms with Crippen molar-refractivity contribution in [2.24, 2.45) is 0 Å². The van der Waals surface area contributed by atoms with Gasteiger partial charge in [-0.2, -0.15) is 8.78 Å². The average molecular weight is 522 g/mol. The summed E-state index contributed by atoms with van der Waals surface area (Å²) in [6.45, 7) is 0.743. The number of benzene rings is 2. The molecule has 0 aromatic heterocycles. The molecule has 2 heterocycles. The van der Waals surface area contributed by atoms with Gasteiger partial charge in [0.05, 0.1) is 5.02 Å². The SMILES string of the molecule is CC(=O)N1CCCCC1C(=O)Nc1ccc(OC2CCN(c3ccc(OC(F)F)cc3)CC2)c(Cl)c1. The van der Waals surface area contributed by atoms with Gasteiger partial charge in [-0.3, -0.25) is 9.59 Å². The molecule has 36 heavy (non-hydrogen) atoms. The Labute approximate surface area is 214 Å². The lowest BCUT2D eigenvalue weighted by Gasteiger charge is -2.34. The molecule has 0 saturated carbocycles. The smallest absolute Gasteiger partial charge is 0.387 e. The third-order valence-electron chi connectivity index (χ3n) is 6.57. The van der Waals surface area contributed by atoms with Gasteiger partial charge >= 0.3 is 6.61 Å². The summed E-state index contributed by atoms with van der Waals surface area (Å²) >= 11 is 6.46. The quantitative estimate of drug-likeness (QED) is 0.533. The molecule has 2 aliphatic rings. The first kappa shape index (κ1) is 26.0. The molecule has 1 N–H and O–H groups in total. The van der Waals surface area contributed by atoms with E-state index in [0.29, 0.717) is 29.4 Å². The van der Waals surface area contributed by atoms with Crippen LogP contribution >= 0.6 is 11.6 Å².